The van der Waals surface area contributed by atoms with Crippen molar-refractivity contribution in [1.29, 1.82) is 0 Å². The van der Waals surface area contributed by atoms with E-state index >= 15 is 0 Å². The molecule has 0 aliphatic carbocycles. The minimum atomic E-state index is -0.755. The third kappa shape index (κ3) is 4.13. The molecule has 0 saturated carbocycles. The van der Waals surface area contributed by atoms with Gasteiger partial charge in [-0.2, -0.15) is 0 Å². The number of nitrogens with one attached hydrogen (secondary N) is 1. The quantitative estimate of drug-likeness (QED) is 0.668. The Morgan fingerprint density at radius 3 is 2.47 bits per heavy atom. The van der Waals surface area contributed by atoms with Crippen LogP contribution < -0.4 is 5.32 Å². The SMILES string of the molecule is CCC(=O)c1cc(NC(=O)CC(C)=O)c(F)cc1Cl. The van der Waals surface area contributed by atoms with Crippen LogP contribution in [0.25, 0.3) is 0 Å². The summed E-state index contributed by atoms with van der Waals surface area (Å²) in [5.41, 5.74) is -0.0175. The molecule has 1 N–H and O–H groups in total. The lowest BCUT2D eigenvalue weighted by Crippen LogP contribution is -2.16. The molecule has 19 heavy (non-hydrogen) atoms. The smallest absolute Gasteiger partial charge is 0.231 e. The van der Waals surface area contributed by atoms with Gasteiger partial charge in [-0.25, -0.2) is 4.39 Å². The van der Waals surface area contributed by atoms with Crippen LogP contribution in [0.3, 0.4) is 0 Å². The molecule has 0 atom stereocenters. The number of rotatable bonds is 5. The fraction of sp³-hybridized carbons (Fsp3) is 0.308. The maximum Gasteiger partial charge on any atom is 0.231 e. The lowest BCUT2D eigenvalue weighted by atomic mass is 10.1. The summed E-state index contributed by atoms with van der Waals surface area (Å²) in [6, 6.07) is 2.15. The van der Waals surface area contributed by atoms with Crippen molar-refractivity contribution in [2.24, 2.45) is 0 Å². The average Bonchev–Trinajstić information content (AvgIpc) is 2.30. The summed E-state index contributed by atoms with van der Waals surface area (Å²) in [6.07, 6.45) is -0.134. The molecule has 4 nitrogen and oxygen atoms in total. The lowest BCUT2D eigenvalue weighted by Gasteiger charge is -2.09. The highest BCUT2D eigenvalue weighted by molar-refractivity contribution is 6.34. The maximum absolute atomic E-state index is 13.6. The summed E-state index contributed by atoms with van der Waals surface area (Å²) in [6.45, 7) is 2.90. The van der Waals surface area contributed by atoms with Crippen molar-refractivity contribution in [1.82, 2.24) is 0 Å². The standard InChI is InChI=1S/C13H13ClFNO3/c1-3-12(18)8-5-11(10(15)6-9(8)14)16-13(19)4-7(2)17/h5-6H,3-4H2,1-2H3,(H,16,19). The Bertz CT molecular complexity index is 543. The van der Waals surface area contributed by atoms with Crippen LogP contribution in [-0.2, 0) is 9.59 Å². The highest BCUT2D eigenvalue weighted by Gasteiger charge is 2.15. The van der Waals surface area contributed by atoms with Crippen LogP contribution in [0.1, 0.15) is 37.0 Å². The van der Waals surface area contributed by atoms with Crippen LogP contribution in [0, 0.1) is 5.82 Å². The van der Waals surface area contributed by atoms with E-state index in [0.29, 0.717) is 0 Å². The first-order valence-electron chi connectivity index (χ1n) is 5.66. The molecule has 0 aliphatic rings. The second kappa shape index (κ2) is 6.43. The molecule has 1 aromatic carbocycles. The van der Waals surface area contributed by atoms with E-state index in [2.05, 4.69) is 5.32 Å². The Balaban J connectivity index is 3.04. The van der Waals surface area contributed by atoms with Crippen molar-refractivity contribution in [3.05, 3.63) is 28.5 Å². The zero-order valence-corrected chi connectivity index (χ0v) is 11.3. The number of amides is 1. The first-order valence-corrected chi connectivity index (χ1v) is 6.04. The first kappa shape index (κ1) is 15.3. The summed E-state index contributed by atoms with van der Waals surface area (Å²) in [4.78, 5) is 33.8. The van der Waals surface area contributed by atoms with Crippen LogP contribution in [0.5, 0.6) is 0 Å². The monoisotopic (exact) mass is 285 g/mol. The van der Waals surface area contributed by atoms with Gasteiger partial charge in [-0.3, -0.25) is 14.4 Å². The van der Waals surface area contributed by atoms with Gasteiger partial charge in [0.25, 0.3) is 0 Å². The Labute approximate surface area is 114 Å². The van der Waals surface area contributed by atoms with Gasteiger partial charge < -0.3 is 5.32 Å². The van der Waals surface area contributed by atoms with E-state index in [-0.39, 0.29) is 40.7 Å². The molecule has 0 unspecified atom stereocenters. The third-order valence-corrected chi connectivity index (χ3v) is 2.67. The van der Waals surface area contributed by atoms with E-state index in [1.807, 2.05) is 0 Å². The van der Waals surface area contributed by atoms with Gasteiger partial charge in [0.2, 0.25) is 5.91 Å². The Kier molecular flexibility index (Phi) is 5.18. The van der Waals surface area contributed by atoms with Crippen LogP contribution in [0.15, 0.2) is 12.1 Å². The molecule has 0 heterocycles. The van der Waals surface area contributed by atoms with Crippen molar-refractivity contribution in [3.8, 4) is 0 Å². The summed E-state index contributed by atoms with van der Waals surface area (Å²) in [7, 11) is 0. The highest BCUT2D eigenvalue weighted by atomic mass is 35.5. The predicted molar refractivity (Wildman–Crippen MR) is 70.0 cm³/mol. The molecule has 0 aromatic heterocycles. The number of carbonyl (C=O) groups excluding carboxylic acids is 3. The lowest BCUT2D eigenvalue weighted by molar-refractivity contribution is -0.124. The van der Waals surface area contributed by atoms with Crippen LogP contribution >= 0.6 is 11.6 Å². The van der Waals surface area contributed by atoms with Crippen LogP contribution in [0.2, 0.25) is 5.02 Å². The van der Waals surface area contributed by atoms with Gasteiger partial charge in [0.15, 0.2) is 5.78 Å². The van der Waals surface area contributed by atoms with Crippen LogP contribution in [-0.4, -0.2) is 17.5 Å². The molecule has 6 heteroatoms. The summed E-state index contributed by atoms with van der Waals surface area (Å²) in [5.74, 6) is -1.98. The van der Waals surface area contributed by atoms with E-state index in [1.165, 1.54) is 13.0 Å². The Morgan fingerprint density at radius 2 is 1.95 bits per heavy atom. The van der Waals surface area contributed by atoms with Gasteiger partial charge in [-0.15, -0.1) is 0 Å². The fourth-order valence-corrected chi connectivity index (χ4v) is 1.73. The zero-order valence-electron chi connectivity index (χ0n) is 10.5. The molecule has 0 saturated heterocycles. The largest absolute Gasteiger partial charge is 0.323 e. The number of hydrogen-bond donors (Lipinski definition) is 1. The van der Waals surface area contributed by atoms with Crippen molar-refractivity contribution in [2.45, 2.75) is 26.7 Å². The van der Waals surface area contributed by atoms with Gasteiger partial charge >= 0.3 is 0 Å². The molecule has 0 spiro atoms. The molecular weight excluding hydrogens is 273 g/mol. The normalized spacial score (nSPS) is 10.1. The number of hydrogen-bond acceptors (Lipinski definition) is 3. The Morgan fingerprint density at radius 1 is 1.32 bits per heavy atom. The molecule has 1 amide bonds. The highest BCUT2D eigenvalue weighted by Crippen LogP contribution is 2.25. The number of anilines is 1. The minimum Gasteiger partial charge on any atom is -0.323 e. The molecule has 102 valence electrons. The van der Waals surface area contributed by atoms with E-state index in [9.17, 15) is 18.8 Å². The van der Waals surface area contributed by atoms with Gasteiger partial charge in [-0.05, 0) is 19.1 Å². The van der Waals surface area contributed by atoms with Gasteiger partial charge in [0.1, 0.15) is 11.6 Å². The van der Waals surface area contributed by atoms with Crippen molar-refractivity contribution in [2.75, 3.05) is 5.32 Å². The number of carbonyl (C=O) groups is 3. The molecule has 0 aliphatic heterocycles. The number of halogens is 2. The predicted octanol–water partition coefficient (Wildman–Crippen LogP) is 2.99. The second-order valence-electron chi connectivity index (χ2n) is 4.02. The zero-order chi connectivity index (χ0) is 14.6. The minimum absolute atomic E-state index is 0.00563. The molecule has 0 bridgehead atoms. The topological polar surface area (TPSA) is 63.2 Å². The van der Waals surface area contributed by atoms with E-state index < -0.39 is 11.7 Å². The van der Waals surface area contributed by atoms with Crippen molar-refractivity contribution >= 4 is 34.8 Å². The van der Waals surface area contributed by atoms with Crippen molar-refractivity contribution < 1.29 is 18.8 Å². The molecule has 1 rings (SSSR count). The molecular formula is C13H13ClFNO3. The van der Waals surface area contributed by atoms with E-state index in [4.69, 9.17) is 11.6 Å². The van der Waals surface area contributed by atoms with Crippen molar-refractivity contribution in [3.63, 3.8) is 0 Å². The first-order chi connectivity index (χ1) is 8.85. The van der Waals surface area contributed by atoms with E-state index in [0.717, 1.165) is 6.07 Å². The van der Waals surface area contributed by atoms with Crippen LogP contribution in [0.4, 0.5) is 10.1 Å². The average molecular weight is 286 g/mol. The van der Waals surface area contributed by atoms with E-state index in [1.54, 1.807) is 6.92 Å². The van der Waals surface area contributed by atoms with Gasteiger partial charge in [0, 0.05) is 12.0 Å². The number of Topliss-reactive ketones (excluding diaryl/α,β-unsaturated/α-hetero) is 2. The molecule has 0 radical (unpaired) electrons. The van der Waals surface area contributed by atoms with Gasteiger partial charge in [-0.1, -0.05) is 18.5 Å². The molecule has 0 fully saturated rings. The Hall–Kier alpha value is -1.75. The second-order valence-corrected chi connectivity index (χ2v) is 4.42. The maximum atomic E-state index is 13.6. The van der Waals surface area contributed by atoms with Gasteiger partial charge in [0.05, 0.1) is 17.1 Å². The molecule has 1 aromatic rings. The fourth-order valence-electron chi connectivity index (χ4n) is 1.47. The summed E-state index contributed by atoms with van der Waals surface area (Å²) >= 11 is 5.77. The summed E-state index contributed by atoms with van der Waals surface area (Å²) in [5, 5.41) is 2.24. The third-order valence-electron chi connectivity index (χ3n) is 2.36. The number of benzene rings is 1. The number of ketones is 2. The summed E-state index contributed by atoms with van der Waals surface area (Å²) < 4.78 is 13.6.